The topological polar surface area (TPSA) is 24.5 Å². The third kappa shape index (κ3) is 3.16. The van der Waals surface area contributed by atoms with Gasteiger partial charge in [0.2, 0.25) is 0 Å². The van der Waals surface area contributed by atoms with E-state index >= 15 is 0 Å². The number of hydrogen-bond donors (Lipinski definition) is 1. The van der Waals surface area contributed by atoms with Gasteiger partial charge in [-0.05, 0) is 44.0 Å². The number of anilines is 1. The van der Waals surface area contributed by atoms with Crippen molar-refractivity contribution in [3.63, 3.8) is 0 Å². The van der Waals surface area contributed by atoms with Crippen molar-refractivity contribution in [2.24, 2.45) is 0 Å². The molecular weight excluding hydrogens is 224 g/mol. The molecule has 18 heavy (non-hydrogen) atoms. The number of nitrogens with zero attached hydrogens (tertiary/aromatic N) is 1. The molecule has 1 aliphatic heterocycles. The fourth-order valence-corrected chi connectivity index (χ4v) is 2.61. The average molecular weight is 248 g/mol. The smallest absolute Gasteiger partial charge is 0.142 e. The second-order valence-electron chi connectivity index (χ2n) is 5.20. The van der Waals surface area contributed by atoms with Crippen molar-refractivity contribution in [3.8, 4) is 5.75 Å². The molecule has 0 amide bonds. The molecule has 1 N–H and O–H groups in total. The van der Waals surface area contributed by atoms with Gasteiger partial charge in [-0.1, -0.05) is 12.5 Å². The third-order valence-electron chi connectivity index (χ3n) is 3.65. The minimum atomic E-state index is 0.606. The first kappa shape index (κ1) is 13.2. The van der Waals surface area contributed by atoms with Crippen LogP contribution < -0.4 is 15.0 Å². The van der Waals surface area contributed by atoms with Crippen LogP contribution in [0.3, 0.4) is 0 Å². The molecule has 0 bridgehead atoms. The van der Waals surface area contributed by atoms with E-state index < -0.39 is 0 Å². The van der Waals surface area contributed by atoms with E-state index in [1.807, 2.05) is 0 Å². The van der Waals surface area contributed by atoms with Crippen molar-refractivity contribution in [2.45, 2.75) is 32.2 Å². The van der Waals surface area contributed by atoms with Crippen LogP contribution in [0.1, 0.15) is 24.8 Å². The molecule has 1 fully saturated rings. The van der Waals surface area contributed by atoms with Gasteiger partial charge < -0.3 is 15.0 Å². The molecular formula is C15H24N2O. The van der Waals surface area contributed by atoms with Gasteiger partial charge in [-0.3, -0.25) is 0 Å². The molecule has 3 heteroatoms. The third-order valence-corrected chi connectivity index (χ3v) is 3.65. The first-order chi connectivity index (χ1) is 8.70. The Labute approximate surface area is 110 Å². The number of likely N-dealkylation sites (N-methyl/N-ethyl adjacent to an activating group) is 1. The van der Waals surface area contributed by atoms with Crippen molar-refractivity contribution >= 4 is 5.69 Å². The number of aryl methyl sites for hydroxylation is 1. The highest BCUT2D eigenvalue weighted by atomic mass is 16.5. The van der Waals surface area contributed by atoms with Crippen LogP contribution in [-0.2, 0) is 0 Å². The van der Waals surface area contributed by atoms with E-state index in [0.29, 0.717) is 6.04 Å². The van der Waals surface area contributed by atoms with Gasteiger partial charge in [0.15, 0.2) is 0 Å². The Balaban J connectivity index is 2.07. The molecule has 1 heterocycles. The van der Waals surface area contributed by atoms with E-state index in [1.54, 1.807) is 7.11 Å². The molecule has 1 saturated heterocycles. The fourth-order valence-electron chi connectivity index (χ4n) is 2.61. The average Bonchev–Trinajstić information content (AvgIpc) is 2.40. The van der Waals surface area contributed by atoms with Crippen molar-refractivity contribution in [1.29, 1.82) is 0 Å². The standard InChI is InChI=1S/C15H24N2O/c1-12-7-8-15(18-3)14(10-12)17(2)11-13-6-4-5-9-16-13/h7-8,10,13,16H,4-6,9,11H2,1-3H3. The van der Waals surface area contributed by atoms with Crippen molar-refractivity contribution in [1.82, 2.24) is 5.32 Å². The summed E-state index contributed by atoms with van der Waals surface area (Å²) >= 11 is 0. The van der Waals surface area contributed by atoms with Gasteiger partial charge >= 0.3 is 0 Å². The Morgan fingerprint density at radius 3 is 2.89 bits per heavy atom. The highest BCUT2D eigenvalue weighted by Gasteiger charge is 2.16. The molecule has 1 aromatic rings. The Kier molecular flexibility index (Phi) is 4.48. The summed E-state index contributed by atoms with van der Waals surface area (Å²) in [5, 5.41) is 3.59. The first-order valence-corrected chi connectivity index (χ1v) is 6.80. The molecule has 0 spiro atoms. The summed E-state index contributed by atoms with van der Waals surface area (Å²) in [6.07, 6.45) is 3.93. The van der Waals surface area contributed by atoms with Crippen LogP contribution in [0.5, 0.6) is 5.75 Å². The zero-order valence-corrected chi connectivity index (χ0v) is 11.7. The summed E-state index contributed by atoms with van der Waals surface area (Å²) in [6, 6.07) is 6.94. The van der Waals surface area contributed by atoms with Gasteiger partial charge in [-0.15, -0.1) is 0 Å². The number of rotatable bonds is 4. The molecule has 1 aliphatic rings. The maximum Gasteiger partial charge on any atom is 0.142 e. The van der Waals surface area contributed by atoms with Crippen LogP contribution in [0.15, 0.2) is 18.2 Å². The SMILES string of the molecule is COc1ccc(C)cc1N(C)CC1CCCCN1. The minimum Gasteiger partial charge on any atom is -0.495 e. The second-order valence-corrected chi connectivity index (χ2v) is 5.20. The lowest BCUT2D eigenvalue weighted by molar-refractivity contribution is 0.397. The highest BCUT2D eigenvalue weighted by Crippen LogP contribution is 2.28. The summed E-state index contributed by atoms with van der Waals surface area (Å²) in [6.45, 7) is 4.32. The van der Waals surface area contributed by atoms with Crippen molar-refractivity contribution in [2.75, 3.05) is 32.1 Å². The largest absolute Gasteiger partial charge is 0.495 e. The molecule has 3 nitrogen and oxygen atoms in total. The van der Waals surface area contributed by atoms with Gasteiger partial charge in [0.05, 0.1) is 12.8 Å². The maximum absolute atomic E-state index is 5.45. The number of methoxy groups -OCH3 is 1. The van der Waals surface area contributed by atoms with Gasteiger partial charge in [0, 0.05) is 19.6 Å². The second kappa shape index (κ2) is 6.10. The van der Waals surface area contributed by atoms with Crippen LogP contribution in [0, 0.1) is 6.92 Å². The lowest BCUT2D eigenvalue weighted by Gasteiger charge is -2.30. The number of ether oxygens (including phenoxy) is 1. The summed E-state index contributed by atoms with van der Waals surface area (Å²) < 4.78 is 5.45. The van der Waals surface area contributed by atoms with E-state index in [2.05, 4.69) is 42.4 Å². The van der Waals surface area contributed by atoms with Gasteiger partial charge in [0.1, 0.15) is 5.75 Å². The summed E-state index contributed by atoms with van der Waals surface area (Å²) in [5.74, 6) is 0.957. The van der Waals surface area contributed by atoms with Gasteiger partial charge in [0.25, 0.3) is 0 Å². The zero-order valence-electron chi connectivity index (χ0n) is 11.7. The monoisotopic (exact) mass is 248 g/mol. The zero-order chi connectivity index (χ0) is 13.0. The van der Waals surface area contributed by atoms with E-state index in [9.17, 15) is 0 Å². The van der Waals surface area contributed by atoms with Crippen LogP contribution in [0.4, 0.5) is 5.69 Å². The Morgan fingerprint density at radius 2 is 2.22 bits per heavy atom. The molecule has 0 radical (unpaired) electrons. The molecule has 100 valence electrons. The summed E-state index contributed by atoms with van der Waals surface area (Å²) in [5.41, 5.74) is 2.46. The molecule has 1 atom stereocenters. The lowest BCUT2D eigenvalue weighted by atomic mass is 10.0. The molecule has 0 aliphatic carbocycles. The van der Waals surface area contributed by atoms with Gasteiger partial charge in [-0.2, -0.15) is 0 Å². The number of nitrogens with one attached hydrogen (secondary N) is 1. The van der Waals surface area contributed by atoms with Crippen LogP contribution in [-0.4, -0.2) is 33.3 Å². The summed E-state index contributed by atoms with van der Waals surface area (Å²) in [4.78, 5) is 2.30. The number of hydrogen-bond acceptors (Lipinski definition) is 3. The van der Waals surface area contributed by atoms with Crippen molar-refractivity contribution < 1.29 is 4.74 Å². The quantitative estimate of drug-likeness (QED) is 0.886. The van der Waals surface area contributed by atoms with Crippen LogP contribution in [0.2, 0.25) is 0 Å². The highest BCUT2D eigenvalue weighted by molar-refractivity contribution is 5.59. The molecule has 1 aromatic carbocycles. The normalized spacial score (nSPS) is 19.6. The fraction of sp³-hybridized carbons (Fsp3) is 0.600. The first-order valence-electron chi connectivity index (χ1n) is 6.80. The Morgan fingerprint density at radius 1 is 1.39 bits per heavy atom. The molecule has 1 unspecified atom stereocenters. The van der Waals surface area contributed by atoms with Crippen LogP contribution >= 0.6 is 0 Å². The number of piperidine rings is 1. The Hall–Kier alpha value is -1.22. The van der Waals surface area contributed by atoms with E-state index in [4.69, 9.17) is 4.74 Å². The Bertz CT molecular complexity index is 386. The number of benzene rings is 1. The molecule has 0 saturated carbocycles. The van der Waals surface area contributed by atoms with Gasteiger partial charge in [-0.25, -0.2) is 0 Å². The van der Waals surface area contributed by atoms with Crippen LogP contribution in [0.25, 0.3) is 0 Å². The molecule has 2 rings (SSSR count). The predicted octanol–water partition coefficient (Wildman–Crippen LogP) is 2.58. The minimum absolute atomic E-state index is 0.606. The van der Waals surface area contributed by atoms with E-state index in [1.165, 1.54) is 30.5 Å². The predicted molar refractivity (Wildman–Crippen MR) is 76.6 cm³/mol. The van der Waals surface area contributed by atoms with E-state index in [-0.39, 0.29) is 0 Å². The molecule has 0 aromatic heterocycles. The lowest BCUT2D eigenvalue weighted by Crippen LogP contribution is -2.42. The maximum atomic E-state index is 5.45. The van der Waals surface area contributed by atoms with E-state index in [0.717, 1.165) is 18.8 Å². The van der Waals surface area contributed by atoms with Crippen molar-refractivity contribution in [3.05, 3.63) is 23.8 Å². The summed E-state index contributed by atoms with van der Waals surface area (Å²) in [7, 11) is 3.88.